The number of halogens is 1. The number of rotatable bonds is 5. The predicted octanol–water partition coefficient (Wildman–Crippen LogP) is 2.66. The van der Waals surface area contributed by atoms with Crippen LogP contribution >= 0.6 is 12.4 Å². The molecule has 25 heavy (non-hydrogen) atoms. The Bertz CT molecular complexity index is 572. The quantitative estimate of drug-likeness (QED) is 0.839. The zero-order valence-electron chi connectivity index (χ0n) is 15.2. The molecule has 0 radical (unpaired) electrons. The van der Waals surface area contributed by atoms with E-state index in [1.54, 1.807) is 38.4 Å². The van der Waals surface area contributed by atoms with Crippen LogP contribution in [0.15, 0.2) is 24.3 Å². The van der Waals surface area contributed by atoms with E-state index in [2.05, 4.69) is 17.6 Å². The minimum Gasteiger partial charge on any atom is -0.339 e. The van der Waals surface area contributed by atoms with Gasteiger partial charge in [0.05, 0.1) is 0 Å². The van der Waals surface area contributed by atoms with Crippen molar-refractivity contribution in [2.75, 3.05) is 45.6 Å². The standard InChI is InChI=1S/C18H28N4O2.ClH/c1-4-19-13-14-8-10-22(11-9-14)17(23)15-6-5-7-16(12-15)20-18(24)21(2)3;/h5-7,12,14,19H,4,8-11,13H2,1-3H3,(H,20,24);1H. The fraction of sp³-hybridized carbons (Fsp3) is 0.556. The zero-order chi connectivity index (χ0) is 17.5. The fourth-order valence-electron chi connectivity index (χ4n) is 2.84. The van der Waals surface area contributed by atoms with E-state index in [0.717, 1.165) is 39.0 Å². The number of carbonyl (C=O) groups is 2. The Morgan fingerprint density at radius 2 is 1.92 bits per heavy atom. The molecule has 0 aliphatic carbocycles. The molecule has 3 amide bonds. The smallest absolute Gasteiger partial charge is 0.321 e. The maximum Gasteiger partial charge on any atom is 0.321 e. The summed E-state index contributed by atoms with van der Waals surface area (Å²) in [6.07, 6.45) is 2.07. The lowest BCUT2D eigenvalue weighted by Gasteiger charge is -2.32. The monoisotopic (exact) mass is 368 g/mol. The first-order valence-electron chi connectivity index (χ1n) is 8.59. The van der Waals surface area contributed by atoms with Crippen LogP contribution in [-0.2, 0) is 0 Å². The third-order valence-corrected chi connectivity index (χ3v) is 4.35. The van der Waals surface area contributed by atoms with Crippen LogP contribution in [0.1, 0.15) is 30.1 Å². The molecule has 1 aliphatic rings. The summed E-state index contributed by atoms with van der Waals surface area (Å²) in [5.74, 6) is 0.692. The maximum absolute atomic E-state index is 12.7. The number of carbonyl (C=O) groups excluding carboxylic acids is 2. The lowest BCUT2D eigenvalue weighted by molar-refractivity contribution is 0.0690. The van der Waals surface area contributed by atoms with Gasteiger partial charge in [-0.1, -0.05) is 13.0 Å². The number of nitrogens with zero attached hydrogens (tertiary/aromatic N) is 2. The van der Waals surface area contributed by atoms with Crippen molar-refractivity contribution in [2.24, 2.45) is 5.92 Å². The molecule has 2 N–H and O–H groups in total. The predicted molar refractivity (Wildman–Crippen MR) is 104 cm³/mol. The van der Waals surface area contributed by atoms with Crippen LogP contribution < -0.4 is 10.6 Å². The van der Waals surface area contributed by atoms with Gasteiger partial charge in [0, 0.05) is 38.4 Å². The van der Waals surface area contributed by atoms with Crippen molar-refractivity contribution < 1.29 is 9.59 Å². The van der Waals surface area contributed by atoms with Crippen LogP contribution in [0.2, 0.25) is 0 Å². The summed E-state index contributed by atoms with van der Waals surface area (Å²) in [5, 5.41) is 6.16. The molecule has 0 saturated carbocycles. The molecule has 0 spiro atoms. The molecule has 140 valence electrons. The van der Waals surface area contributed by atoms with E-state index in [1.165, 1.54) is 4.90 Å². The highest BCUT2D eigenvalue weighted by Gasteiger charge is 2.23. The van der Waals surface area contributed by atoms with E-state index in [1.807, 2.05) is 4.90 Å². The minimum absolute atomic E-state index is 0. The molecule has 1 heterocycles. The van der Waals surface area contributed by atoms with E-state index in [4.69, 9.17) is 0 Å². The second-order valence-electron chi connectivity index (χ2n) is 6.45. The molecule has 1 aromatic rings. The number of nitrogens with one attached hydrogen (secondary N) is 2. The van der Waals surface area contributed by atoms with E-state index < -0.39 is 0 Å². The number of amides is 3. The van der Waals surface area contributed by atoms with Gasteiger partial charge < -0.3 is 20.4 Å². The van der Waals surface area contributed by atoms with Gasteiger partial charge in [-0.2, -0.15) is 0 Å². The topological polar surface area (TPSA) is 64.7 Å². The second-order valence-corrected chi connectivity index (χ2v) is 6.45. The summed E-state index contributed by atoms with van der Waals surface area (Å²) in [6, 6.07) is 6.94. The van der Waals surface area contributed by atoms with Gasteiger partial charge in [0.1, 0.15) is 0 Å². The van der Waals surface area contributed by atoms with Crippen molar-refractivity contribution in [3.63, 3.8) is 0 Å². The van der Waals surface area contributed by atoms with Gasteiger partial charge in [-0.3, -0.25) is 4.79 Å². The molecule has 1 saturated heterocycles. The number of likely N-dealkylation sites (tertiary alicyclic amines) is 1. The zero-order valence-corrected chi connectivity index (χ0v) is 16.1. The van der Waals surface area contributed by atoms with Crippen LogP contribution in [0.3, 0.4) is 0 Å². The highest BCUT2D eigenvalue weighted by atomic mass is 35.5. The molecule has 1 aromatic carbocycles. The first kappa shape index (κ1) is 21.3. The number of hydrogen-bond acceptors (Lipinski definition) is 3. The highest BCUT2D eigenvalue weighted by molar-refractivity contribution is 5.96. The third-order valence-electron chi connectivity index (χ3n) is 4.35. The Balaban J connectivity index is 0.00000312. The molecular weight excluding hydrogens is 340 g/mol. The summed E-state index contributed by atoms with van der Waals surface area (Å²) in [5.41, 5.74) is 1.26. The normalized spacial score (nSPS) is 14.6. The van der Waals surface area contributed by atoms with Crippen molar-refractivity contribution in [3.05, 3.63) is 29.8 Å². The Morgan fingerprint density at radius 1 is 1.24 bits per heavy atom. The SMILES string of the molecule is CCNCC1CCN(C(=O)c2cccc(NC(=O)N(C)C)c2)CC1.Cl. The molecule has 0 aromatic heterocycles. The summed E-state index contributed by atoms with van der Waals surface area (Å²) < 4.78 is 0. The lowest BCUT2D eigenvalue weighted by atomic mass is 9.96. The van der Waals surface area contributed by atoms with Crippen LogP contribution in [0.4, 0.5) is 10.5 Å². The van der Waals surface area contributed by atoms with Crippen molar-refractivity contribution in [2.45, 2.75) is 19.8 Å². The van der Waals surface area contributed by atoms with Crippen molar-refractivity contribution in [1.82, 2.24) is 15.1 Å². The van der Waals surface area contributed by atoms with E-state index in [9.17, 15) is 9.59 Å². The summed E-state index contributed by atoms with van der Waals surface area (Å²) in [4.78, 5) is 27.8. The van der Waals surface area contributed by atoms with Gasteiger partial charge in [-0.15, -0.1) is 12.4 Å². The van der Waals surface area contributed by atoms with Crippen LogP contribution in [-0.4, -0.2) is 62.0 Å². The molecule has 0 unspecified atom stereocenters. The molecule has 2 rings (SSSR count). The Kier molecular flexibility index (Phi) is 8.72. The second kappa shape index (κ2) is 10.3. The maximum atomic E-state index is 12.7. The van der Waals surface area contributed by atoms with Crippen LogP contribution in [0, 0.1) is 5.92 Å². The van der Waals surface area contributed by atoms with Crippen LogP contribution in [0.25, 0.3) is 0 Å². The number of benzene rings is 1. The molecule has 0 atom stereocenters. The van der Waals surface area contributed by atoms with Gasteiger partial charge >= 0.3 is 6.03 Å². The Labute approximate surface area is 156 Å². The van der Waals surface area contributed by atoms with E-state index in [-0.39, 0.29) is 24.3 Å². The Hall–Kier alpha value is -1.79. The molecule has 1 aliphatic heterocycles. The molecule has 7 heteroatoms. The third kappa shape index (κ3) is 6.21. The van der Waals surface area contributed by atoms with Gasteiger partial charge in [-0.05, 0) is 50.0 Å². The fourth-order valence-corrected chi connectivity index (χ4v) is 2.84. The van der Waals surface area contributed by atoms with E-state index >= 15 is 0 Å². The number of piperidine rings is 1. The first-order valence-corrected chi connectivity index (χ1v) is 8.59. The highest BCUT2D eigenvalue weighted by Crippen LogP contribution is 2.20. The molecular formula is C18H29ClN4O2. The van der Waals surface area contributed by atoms with Gasteiger partial charge in [-0.25, -0.2) is 4.79 Å². The number of anilines is 1. The average molecular weight is 369 g/mol. The minimum atomic E-state index is -0.205. The van der Waals surface area contributed by atoms with Gasteiger partial charge in [0.2, 0.25) is 0 Å². The first-order chi connectivity index (χ1) is 11.5. The lowest BCUT2D eigenvalue weighted by Crippen LogP contribution is -2.40. The van der Waals surface area contributed by atoms with Gasteiger partial charge in [0.25, 0.3) is 5.91 Å². The van der Waals surface area contributed by atoms with Crippen molar-refractivity contribution >= 4 is 30.0 Å². The number of urea groups is 1. The molecule has 0 bridgehead atoms. The Morgan fingerprint density at radius 3 is 2.52 bits per heavy atom. The summed E-state index contributed by atoms with van der Waals surface area (Å²) in [6.45, 7) is 5.72. The summed E-state index contributed by atoms with van der Waals surface area (Å²) in [7, 11) is 3.36. The average Bonchev–Trinajstić information content (AvgIpc) is 2.60. The number of hydrogen-bond donors (Lipinski definition) is 2. The van der Waals surface area contributed by atoms with Gasteiger partial charge in [0.15, 0.2) is 0 Å². The molecule has 6 nitrogen and oxygen atoms in total. The van der Waals surface area contributed by atoms with Crippen molar-refractivity contribution in [3.8, 4) is 0 Å². The largest absolute Gasteiger partial charge is 0.339 e. The molecule has 1 fully saturated rings. The summed E-state index contributed by atoms with van der Waals surface area (Å²) >= 11 is 0. The van der Waals surface area contributed by atoms with E-state index in [0.29, 0.717) is 17.2 Å². The van der Waals surface area contributed by atoms with Crippen LogP contribution in [0.5, 0.6) is 0 Å². The van der Waals surface area contributed by atoms with Crippen molar-refractivity contribution in [1.29, 1.82) is 0 Å².